The minimum Gasteiger partial charge on any atom is -0.496 e. The van der Waals surface area contributed by atoms with Crippen molar-refractivity contribution in [2.45, 2.75) is 58.2 Å². The van der Waals surface area contributed by atoms with Crippen molar-refractivity contribution >= 4 is 5.91 Å². The third-order valence-electron chi connectivity index (χ3n) is 4.94. The highest BCUT2D eigenvalue weighted by Crippen LogP contribution is 2.34. The molecule has 0 spiro atoms. The van der Waals surface area contributed by atoms with E-state index in [1.165, 1.54) is 12.0 Å². The summed E-state index contributed by atoms with van der Waals surface area (Å²) in [7, 11) is 1.69. The van der Waals surface area contributed by atoms with E-state index in [4.69, 9.17) is 9.47 Å². The summed E-state index contributed by atoms with van der Waals surface area (Å²) in [5.41, 5.74) is 2.23. The molecule has 3 rings (SSSR count). The second-order valence-electron chi connectivity index (χ2n) is 6.89. The number of likely N-dealkylation sites (tertiary alicyclic amines) is 1. The van der Waals surface area contributed by atoms with Crippen LogP contribution in [0.15, 0.2) is 12.1 Å². The molecule has 0 unspecified atom stereocenters. The Morgan fingerprint density at radius 3 is 2.83 bits per heavy atom. The summed E-state index contributed by atoms with van der Waals surface area (Å²) in [4.78, 5) is 14.5. The average molecular weight is 332 g/mol. The fourth-order valence-corrected chi connectivity index (χ4v) is 3.55. The predicted molar refractivity (Wildman–Crippen MR) is 93.5 cm³/mol. The van der Waals surface area contributed by atoms with Crippen LogP contribution in [0.1, 0.15) is 44.2 Å². The lowest BCUT2D eigenvalue weighted by atomic mass is 10.1. The van der Waals surface area contributed by atoms with Crippen molar-refractivity contribution in [3.8, 4) is 11.5 Å². The van der Waals surface area contributed by atoms with E-state index >= 15 is 0 Å². The van der Waals surface area contributed by atoms with Crippen LogP contribution in [0.5, 0.6) is 11.5 Å². The average Bonchev–Trinajstić information content (AvgIpc) is 2.97. The number of carbonyl (C=O) groups excluding carboxylic acids is 1. The highest BCUT2D eigenvalue weighted by atomic mass is 16.5. The van der Waals surface area contributed by atoms with Crippen LogP contribution in [0.3, 0.4) is 0 Å². The van der Waals surface area contributed by atoms with Gasteiger partial charge in [0.05, 0.1) is 13.2 Å². The summed E-state index contributed by atoms with van der Waals surface area (Å²) in [6.07, 6.45) is 4.60. The van der Waals surface area contributed by atoms with Crippen molar-refractivity contribution in [3.05, 3.63) is 23.3 Å². The number of benzene rings is 1. The Labute approximate surface area is 144 Å². The van der Waals surface area contributed by atoms with Crippen LogP contribution in [0.2, 0.25) is 0 Å². The first-order valence-electron chi connectivity index (χ1n) is 8.97. The molecule has 1 amide bonds. The number of nitrogens with one attached hydrogen (secondary N) is 1. The number of methoxy groups -OCH3 is 1. The molecule has 1 saturated heterocycles. The standard InChI is InChI=1S/C19H28N2O3/c1-13-9-15-10-17(23-3)16(11-18(15)24-13)12-20-14(2)19(22)21-7-5-4-6-8-21/h10-11,13-14,20H,4-9,12H2,1-3H3/t13-,14+/m0/s1. The maximum atomic E-state index is 12.5. The van der Waals surface area contributed by atoms with Gasteiger partial charge in [-0.2, -0.15) is 0 Å². The summed E-state index contributed by atoms with van der Waals surface area (Å²) < 4.78 is 11.4. The van der Waals surface area contributed by atoms with E-state index in [-0.39, 0.29) is 18.1 Å². The Morgan fingerprint density at radius 2 is 2.12 bits per heavy atom. The number of piperidine rings is 1. The van der Waals surface area contributed by atoms with Crippen LogP contribution in [0, 0.1) is 0 Å². The summed E-state index contributed by atoms with van der Waals surface area (Å²) in [5, 5.41) is 3.35. The third kappa shape index (κ3) is 3.66. The Hall–Kier alpha value is -1.75. The second kappa shape index (κ2) is 7.43. The molecule has 2 aliphatic heterocycles. The number of nitrogens with zero attached hydrogens (tertiary/aromatic N) is 1. The van der Waals surface area contributed by atoms with Gasteiger partial charge in [-0.25, -0.2) is 0 Å². The molecule has 132 valence electrons. The Morgan fingerprint density at radius 1 is 1.38 bits per heavy atom. The number of rotatable bonds is 5. The predicted octanol–water partition coefficient (Wildman–Crippen LogP) is 2.51. The molecule has 2 atom stereocenters. The Balaban J connectivity index is 1.63. The molecular weight excluding hydrogens is 304 g/mol. The van der Waals surface area contributed by atoms with Crippen molar-refractivity contribution in [3.63, 3.8) is 0 Å². The number of amides is 1. The van der Waals surface area contributed by atoms with Crippen molar-refractivity contribution < 1.29 is 14.3 Å². The lowest BCUT2D eigenvalue weighted by Crippen LogP contribution is -2.46. The van der Waals surface area contributed by atoms with Gasteiger partial charge in [0.25, 0.3) is 0 Å². The Kier molecular flexibility index (Phi) is 5.29. The first-order valence-corrected chi connectivity index (χ1v) is 8.97. The number of hydrogen-bond donors (Lipinski definition) is 1. The number of carbonyl (C=O) groups is 1. The van der Waals surface area contributed by atoms with Gasteiger partial charge in [0, 0.05) is 37.2 Å². The SMILES string of the molecule is COc1cc2c(cc1CN[C@H](C)C(=O)N1CCCCC1)O[C@@H](C)C2. The molecule has 5 heteroatoms. The molecule has 1 fully saturated rings. The molecule has 5 nitrogen and oxygen atoms in total. The van der Waals surface area contributed by atoms with Crippen LogP contribution in [-0.4, -0.2) is 43.2 Å². The van der Waals surface area contributed by atoms with Crippen molar-refractivity contribution in [2.75, 3.05) is 20.2 Å². The molecule has 2 aliphatic rings. The summed E-state index contributed by atoms with van der Waals surface area (Å²) in [6.45, 7) is 6.38. The van der Waals surface area contributed by atoms with Crippen LogP contribution in [0.4, 0.5) is 0 Å². The van der Waals surface area contributed by atoms with Crippen LogP contribution >= 0.6 is 0 Å². The molecule has 2 heterocycles. The Bertz CT molecular complexity index is 597. The number of ether oxygens (including phenoxy) is 2. The maximum absolute atomic E-state index is 12.5. The van der Waals surface area contributed by atoms with Gasteiger partial charge in [-0.1, -0.05) is 0 Å². The van der Waals surface area contributed by atoms with Gasteiger partial charge < -0.3 is 19.7 Å². The highest BCUT2D eigenvalue weighted by molar-refractivity contribution is 5.81. The molecule has 1 aromatic carbocycles. The topological polar surface area (TPSA) is 50.8 Å². The molecule has 0 aromatic heterocycles. The summed E-state index contributed by atoms with van der Waals surface area (Å²) in [5.74, 6) is 1.99. The quantitative estimate of drug-likeness (QED) is 0.900. The van der Waals surface area contributed by atoms with E-state index in [2.05, 4.69) is 18.3 Å². The van der Waals surface area contributed by atoms with Crippen LogP contribution in [0.25, 0.3) is 0 Å². The van der Waals surface area contributed by atoms with Gasteiger partial charge in [-0.3, -0.25) is 4.79 Å². The first-order chi connectivity index (χ1) is 11.6. The molecule has 0 bridgehead atoms. The molecule has 0 saturated carbocycles. The van der Waals surface area contributed by atoms with Crippen molar-refractivity contribution in [2.24, 2.45) is 0 Å². The monoisotopic (exact) mass is 332 g/mol. The van der Waals surface area contributed by atoms with Gasteiger partial charge in [-0.15, -0.1) is 0 Å². The van der Waals surface area contributed by atoms with E-state index in [0.717, 1.165) is 49.4 Å². The highest BCUT2D eigenvalue weighted by Gasteiger charge is 2.24. The van der Waals surface area contributed by atoms with Gasteiger partial charge in [0.2, 0.25) is 5.91 Å². The van der Waals surface area contributed by atoms with Gasteiger partial charge in [0.15, 0.2) is 0 Å². The minimum atomic E-state index is -0.194. The third-order valence-corrected chi connectivity index (χ3v) is 4.94. The molecule has 0 aliphatic carbocycles. The van der Waals surface area contributed by atoms with E-state index in [0.29, 0.717) is 6.54 Å². The largest absolute Gasteiger partial charge is 0.496 e. The number of fused-ring (bicyclic) bond motifs is 1. The normalized spacial score (nSPS) is 21.1. The van der Waals surface area contributed by atoms with Gasteiger partial charge >= 0.3 is 0 Å². The molecule has 1 aromatic rings. The molecule has 0 radical (unpaired) electrons. The zero-order valence-corrected chi connectivity index (χ0v) is 14.9. The molecule has 24 heavy (non-hydrogen) atoms. The lowest BCUT2D eigenvalue weighted by Gasteiger charge is -2.29. The van der Waals surface area contributed by atoms with E-state index < -0.39 is 0 Å². The zero-order chi connectivity index (χ0) is 17.1. The lowest BCUT2D eigenvalue weighted by molar-refractivity contribution is -0.133. The first kappa shape index (κ1) is 17.1. The maximum Gasteiger partial charge on any atom is 0.239 e. The van der Waals surface area contributed by atoms with E-state index in [9.17, 15) is 4.79 Å². The molecule has 1 N–H and O–H groups in total. The van der Waals surface area contributed by atoms with Crippen molar-refractivity contribution in [1.29, 1.82) is 0 Å². The van der Waals surface area contributed by atoms with Crippen molar-refractivity contribution in [1.82, 2.24) is 10.2 Å². The smallest absolute Gasteiger partial charge is 0.239 e. The zero-order valence-electron chi connectivity index (χ0n) is 14.9. The van der Waals surface area contributed by atoms with Crippen LogP contribution in [-0.2, 0) is 17.8 Å². The second-order valence-corrected chi connectivity index (χ2v) is 6.89. The van der Waals surface area contributed by atoms with Crippen LogP contribution < -0.4 is 14.8 Å². The summed E-state index contributed by atoms with van der Waals surface area (Å²) >= 11 is 0. The van der Waals surface area contributed by atoms with Gasteiger partial charge in [-0.05, 0) is 45.2 Å². The minimum absolute atomic E-state index is 0.194. The van der Waals surface area contributed by atoms with Gasteiger partial charge in [0.1, 0.15) is 17.6 Å². The fraction of sp³-hybridized carbons (Fsp3) is 0.632. The van der Waals surface area contributed by atoms with E-state index in [1.807, 2.05) is 17.9 Å². The fourth-order valence-electron chi connectivity index (χ4n) is 3.55. The number of hydrogen-bond acceptors (Lipinski definition) is 4. The van der Waals surface area contributed by atoms with E-state index in [1.54, 1.807) is 7.11 Å². The molecular formula is C19H28N2O3. The summed E-state index contributed by atoms with van der Waals surface area (Å²) in [6, 6.07) is 3.91.